The highest BCUT2D eigenvalue weighted by molar-refractivity contribution is 7.13. The molecular formula is C21H16ClN3O3S. The summed E-state index contributed by atoms with van der Waals surface area (Å²) in [4.78, 5) is 21.5. The number of nitrogens with one attached hydrogen (secondary N) is 1. The van der Waals surface area contributed by atoms with Crippen LogP contribution in [-0.4, -0.2) is 17.5 Å². The number of carbonyl (C=O) groups excluding carboxylic acids is 1. The van der Waals surface area contributed by atoms with Crippen LogP contribution >= 0.6 is 22.9 Å². The van der Waals surface area contributed by atoms with E-state index < -0.39 is 0 Å². The fourth-order valence-corrected chi connectivity index (χ4v) is 3.44. The third-order valence-electron chi connectivity index (χ3n) is 4.01. The van der Waals surface area contributed by atoms with Crippen LogP contribution < -0.4 is 15.6 Å². The largest absolute Gasteiger partial charge is 0.490 e. The van der Waals surface area contributed by atoms with Gasteiger partial charge in [-0.2, -0.15) is 0 Å². The van der Waals surface area contributed by atoms with Gasteiger partial charge in [-0.15, -0.1) is 11.3 Å². The molecule has 0 saturated carbocycles. The fraction of sp³-hybridized carbons (Fsp3) is 0.0952. The van der Waals surface area contributed by atoms with Gasteiger partial charge in [0.25, 0.3) is 5.91 Å². The summed E-state index contributed by atoms with van der Waals surface area (Å²) >= 11 is 7.58. The first-order valence-electron chi connectivity index (χ1n) is 8.85. The minimum Gasteiger partial charge on any atom is -0.490 e. The van der Waals surface area contributed by atoms with Gasteiger partial charge < -0.3 is 9.15 Å². The van der Waals surface area contributed by atoms with Crippen molar-refractivity contribution in [1.82, 2.24) is 4.98 Å². The van der Waals surface area contributed by atoms with Crippen molar-refractivity contribution in [2.45, 2.75) is 6.92 Å². The summed E-state index contributed by atoms with van der Waals surface area (Å²) in [7, 11) is 0. The molecular weight excluding hydrogens is 410 g/mol. The molecule has 0 fully saturated rings. The standard InChI is InChI=1S/C21H16ClN3O3S/c1-2-27-17-9-5-6-13-12-14(19(26)25-21-23-10-11-29-21)20(28-18(13)17)24-16-8-4-3-7-15(16)22/h3-12H,2H2,1H3,(H,23,25,26). The van der Waals surface area contributed by atoms with E-state index in [2.05, 4.69) is 15.3 Å². The summed E-state index contributed by atoms with van der Waals surface area (Å²) in [5, 5.41) is 6.21. The van der Waals surface area contributed by atoms with Crippen LogP contribution in [0, 0.1) is 0 Å². The number of para-hydroxylation sites is 2. The lowest BCUT2D eigenvalue weighted by Gasteiger charge is -2.09. The Morgan fingerprint density at radius 3 is 2.90 bits per heavy atom. The van der Waals surface area contributed by atoms with Crippen LogP contribution in [0.2, 0.25) is 5.02 Å². The quantitative estimate of drug-likeness (QED) is 0.462. The summed E-state index contributed by atoms with van der Waals surface area (Å²) < 4.78 is 11.7. The molecule has 0 radical (unpaired) electrons. The number of ether oxygens (including phenoxy) is 1. The first-order valence-corrected chi connectivity index (χ1v) is 10.1. The number of nitrogens with zero attached hydrogens (tertiary/aromatic N) is 2. The Morgan fingerprint density at radius 1 is 1.28 bits per heavy atom. The molecule has 146 valence electrons. The Kier molecular flexibility index (Phi) is 5.59. The van der Waals surface area contributed by atoms with Crippen LogP contribution in [0.25, 0.3) is 11.0 Å². The molecule has 0 aliphatic rings. The summed E-state index contributed by atoms with van der Waals surface area (Å²) in [6, 6.07) is 14.3. The monoisotopic (exact) mass is 425 g/mol. The number of carbonyl (C=O) groups is 1. The van der Waals surface area contributed by atoms with E-state index in [0.717, 1.165) is 5.39 Å². The Balaban J connectivity index is 1.92. The lowest BCUT2D eigenvalue weighted by molar-refractivity contribution is 0.102. The Morgan fingerprint density at radius 2 is 2.14 bits per heavy atom. The average Bonchev–Trinajstić information content (AvgIpc) is 3.23. The van der Waals surface area contributed by atoms with Crippen LogP contribution in [0.1, 0.15) is 17.3 Å². The van der Waals surface area contributed by atoms with Crippen LogP contribution in [0.5, 0.6) is 5.75 Å². The number of halogens is 1. The maximum Gasteiger partial charge on any atom is 0.262 e. The zero-order valence-corrected chi connectivity index (χ0v) is 17.0. The van der Waals surface area contributed by atoms with E-state index in [1.807, 2.05) is 37.3 Å². The third-order valence-corrected chi connectivity index (χ3v) is 5.02. The van der Waals surface area contributed by atoms with Crippen LogP contribution in [0.3, 0.4) is 0 Å². The summed E-state index contributed by atoms with van der Waals surface area (Å²) in [6.07, 6.45) is 1.62. The van der Waals surface area contributed by atoms with Gasteiger partial charge in [-0.1, -0.05) is 35.9 Å². The second-order valence-electron chi connectivity index (χ2n) is 5.93. The average molecular weight is 426 g/mol. The summed E-state index contributed by atoms with van der Waals surface area (Å²) in [5.74, 6) is 0.200. The molecule has 1 N–H and O–H groups in total. The number of hydrogen-bond acceptors (Lipinski definition) is 6. The molecule has 6 nitrogen and oxygen atoms in total. The van der Waals surface area contributed by atoms with Crippen molar-refractivity contribution in [3.63, 3.8) is 0 Å². The zero-order valence-electron chi connectivity index (χ0n) is 15.4. The van der Waals surface area contributed by atoms with Gasteiger partial charge in [-0.3, -0.25) is 10.1 Å². The summed E-state index contributed by atoms with van der Waals surface area (Å²) in [5.41, 5.74) is 1.40. The van der Waals surface area contributed by atoms with Crippen molar-refractivity contribution < 1.29 is 13.9 Å². The van der Waals surface area contributed by atoms with Crippen LogP contribution in [0.15, 0.2) is 69.5 Å². The summed E-state index contributed by atoms with van der Waals surface area (Å²) in [6.45, 7) is 2.38. The third kappa shape index (κ3) is 4.16. The van der Waals surface area contributed by atoms with Gasteiger partial charge in [-0.25, -0.2) is 9.98 Å². The van der Waals surface area contributed by atoms with E-state index in [0.29, 0.717) is 33.8 Å². The van der Waals surface area contributed by atoms with Gasteiger partial charge in [0.05, 0.1) is 17.3 Å². The smallest absolute Gasteiger partial charge is 0.262 e. The topological polar surface area (TPSA) is 76.7 Å². The molecule has 1 amide bonds. The first-order chi connectivity index (χ1) is 14.2. The molecule has 0 atom stereocenters. The molecule has 2 aromatic heterocycles. The van der Waals surface area contributed by atoms with Crippen LogP contribution in [-0.2, 0) is 0 Å². The number of amides is 1. The van der Waals surface area contributed by atoms with Crippen molar-refractivity contribution in [3.8, 4) is 5.75 Å². The molecule has 8 heteroatoms. The highest BCUT2D eigenvalue weighted by atomic mass is 35.5. The molecule has 4 rings (SSSR count). The number of aromatic nitrogens is 1. The molecule has 2 heterocycles. The minimum absolute atomic E-state index is 0.131. The maximum absolute atomic E-state index is 12.9. The molecule has 0 bridgehead atoms. The number of thiazole rings is 1. The van der Waals surface area contributed by atoms with Crippen LogP contribution in [0.4, 0.5) is 10.8 Å². The van der Waals surface area contributed by atoms with Gasteiger partial charge in [0.2, 0.25) is 5.55 Å². The van der Waals surface area contributed by atoms with E-state index in [4.69, 9.17) is 20.8 Å². The van der Waals surface area contributed by atoms with Gasteiger partial charge in [0, 0.05) is 17.0 Å². The number of benzene rings is 2. The fourth-order valence-electron chi connectivity index (χ4n) is 2.74. The Hall–Kier alpha value is -3.16. The Labute approximate surface area is 175 Å². The predicted molar refractivity (Wildman–Crippen MR) is 114 cm³/mol. The number of fused-ring (bicyclic) bond motifs is 1. The van der Waals surface area contributed by atoms with Gasteiger partial charge >= 0.3 is 0 Å². The lowest BCUT2D eigenvalue weighted by atomic mass is 10.1. The van der Waals surface area contributed by atoms with E-state index in [1.165, 1.54) is 11.3 Å². The molecule has 2 aromatic carbocycles. The molecule has 4 aromatic rings. The van der Waals surface area contributed by atoms with Gasteiger partial charge in [0.15, 0.2) is 16.5 Å². The van der Waals surface area contributed by atoms with Crippen molar-refractivity contribution in [2.75, 3.05) is 11.9 Å². The molecule has 0 spiro atoms. The zero-order chi connectivity index (χ0) is 20.2. The Bertz CT molecular complexity index is 1240. The first kappa shape index (κ1) is 19.2. The normalized spacial score (nSPS) is 11.6. The van der Waals surface area contributed by atoms with E-state index in [9.17, 15) is 4.79 Å². The van der Waals surface area contributed by atoms with Crippen molar-refractivity contribution >= 4 is 50.6 Å². The second-order valence-corrected chi connectivity index (χ2v) is 7.23. The molecule has 0 aliphatic heterocycles. The number of hydrogen-bond donors (Lipinski definition) is 1. The highest BCUT2D eigenvalue weighted by Gasteiger charge is 2.16. The highest BCUT2D eigenvalue weighted by Crippen LogP contribution is 2.27. The molecule has 0 aliphatic carbocycles. The predicted octanol–water partition coefficient (Wildman–Crippen LogP) is 5.43. The maximum atomic E-state index is 12.9. The van der Waals surface area contributed by atoms with E-state index >= 15 is 0 Å². The number of rotatable bonds is 5. The molecule has 0 saturated heterocycles. The minimum atomic E-state index is -0.377. The van der Waals surface area contributed by atoms with Gasteiger partial charge in [-0.05, 0) is 31.2 Å². The van der Waals surface area contributed by atoms with E-state index in [-0.39, 0.29) is 17.0 Å². The van der Waals surface area contributed by atoms with Gasteiger partial charge in [0.1, 0.15) is 5.56 Å². The van der Waals surface area contributed by atoms with E-state index in [1.54, 1.807) is 29.8 Å². The lowest BCUT2D eigenvalue weighted by Crippen LogP contribution is -2.21. The second kappa shape index (κ2) is 8.46. The molecule has 0 unspecified atom stereocenters. The van der Waals surface area contributed by atoms with Crippen molar-refractivity contribution in [3.05, 3.63) is 76.2 Å². The van der Waals surface area contributed by atoms with Crippen molar-refractivity contribution in [2.24, 2.45) is 4.99 Å². The number of anilines is 1. The van der Waals surface area contributed by atoms with Crippen molar-refractivity contribution in [1.29, 1.82) is 0 Å². The SMILES string of the molecule is CCOc1cccc2cc(C(=O)Nc3nccs3)c(=Nc3ccccc3Cl)oc12. The molecule has 29 heavy (non-hydrogen) atoms.